The predicted molar refractivity (Wildman–Crippen MR) is 135 cm³/mol. The van der Waals surface area contributed by atoms with Crippen LogP contribution in [0.5, 0.6) is 0 Å². The Hall–Kier alpha value is -4.36. The maximum atomic E-state index is 11.2. The Kier molecular flexibility index (Phi) is 4.71. The second kappa shape index (κ2) is 7.90. The van der Waals surface area contributed by atoms with Gasteiger partial charge in [-0.3, -0.25) is 10.1 Å². The molecule has 0 saturated carbocycles. The van der Waals surface area contributed by atoms with Crippen LogP contribution in [0.25, 0.3) is 42.5 Å². The number of nitro groups is 1. The molecule has 0 atom stereocenters. The smallest absolute Gasteiger partial charge is 0.269 e. The number of benzene rings is 4. The van der Waals surface area contributed by atoms with E-state index in [1.807, 2.05) is 48.5 Å². The number of hydrogen-bond donors (Lipinski definition) is 0. The lowest BCUT2D eigenvalue weighted by molar-refractivity contribution is -0.384. The van der Waals surface area contributed by atoms with Crippen LogP contribution in [0.1, 0.15) is 5.56 Å². The molecule has 0 aliphatic heterocycles. The van der Waals surface area contributed by atoms with Gasteiger partial charge in [0.25, 0.3) is 5.69 Å². The highest BCUT2D eigenvalue weighted by atomic mass is 32.1. The molecule has 0 amide bonds. The van der Waals surface area contributed by atoms with Gasteiger partial charge in [-0.1, -0.05) is 42.5 Å². The molecule has 6 rings (SSSR count). The number of non-ortho nitro benzene ring substituents is 1. The summed E-state index contributed by atoms with van der Waals surface area (Å²) in [6, 6.07) is 26.8. The number of aromatic nitrogens is 1. The minimum absolute atomic E-state index is 0.0322. The number of nitro benzene ring substituents is 1. The average Bonchev–Trinajstić information content (AvgIpc) is 3.28. The first-order chi connectivity index (χ1) is 16.6. The number of nitrogens with zero attached hydrogens (tertiary/aromatic N) is 3. The van der Waals surface area contributed by atoms with E-state index in [0.29, 0.717) is 22.4 Å². The number of para-hydroxylation sites is 1. The largest absolute Gasteiger partial charge is 0.438 e. The predicted octanol–water partition coefficient (Wildman–Crippen LogP) is 7.31. The molecule has 0 spiro atoms. The first-order valence-electron chi connectivity index (χ1n) is 10.7. The Morgan fingerprint density at radius 1 is 0.941 bits per heavy atom. The summed E-state index contributed by atoms with van der Waals surface area (Å²) in [6.45, 7) is 1.80. The summed E-state index contributed by atoms with van der Waals surface area (Å²) in [5.74, 6) is 0. The van der Waals surface area contributed by atoms with Gasteiger partial charge in [-0.05, 0) is 53.6 Å². The molecule has 6 aromatic rings. The van der Waals surface area contributed by atoms with Gasteiger partial charge in [-0.2, -0.15) is 0 Å². The molecule has 0 radical (unpaired) electrons. The van der Waals surface area contributed by atoms with Crippen LogP contribution in [0.4, 0.5) is 11.4 Å². The first kappa shape index (κ1) is 20.3. The fourth-order valence-corrected chi connectivity index (χ4v) is 5.06. The van der Waals surface area contributed by atoms with E-state index in [9.17, 15) is 10.1 Å². The van der Waals surface area contributed by atoms with Gasteiger partial charge in [0, 0.05) is 17.5 Å². The van der Waals surface area contributed by atoms with E-state index in [2.05, 4.69) is 18.2 Å². The molecule has 0 aliphatic carbocycles. The molecule has 34 heavy (non-hydrogen) atoms. The van der Waals surface area contributed by atoms with Crippen LogP contribution in [0, 0.1) is 17.0 Å². The highest BCUT2D eigenvalue weighted by Gasteiger charge is 2.14. The molecule has 7 heteroatoms. The molecule has 164 valence electrons. The van der Waals surface area contributed by atoms with Gasteiger partial charge in [0.2, 0.25) is 5.55 Å². The quantitative estimate of drug-likeness (QED) is 0.156. The third kappa shape index (κ3) is 3.43. The summed E-state index contributed by atoms with van der Waals surface area (Å²) in [5.41, 5.74) is 4.15. The Morgan fingerprint density at radius 3 is 2.59 bits per heavy atom. The van der Waals surface area contributed by atoms with E-state index in [1.165, 1.54) is 12.1 Å². The van der Waals surface area contributed by atoms with E-state index in [1.54, 1.807) is 24.3 Å². The van der Waals surface area contributed by atoms with Crippen LogP contribution >= 0.6 is 11.3 Å². The van der Waals surface area contributed by atoms with Crippen LogP contribution < -0.4 is 5.55 Å². The van der Waals surface area contributed by atoms with Crippen LogP contribution in [0.3, 0.4) is 0 Å². The zero-order chi connectivity index (χ0) is 23.2. The second-order valence-corrected chi connectivity index (χ2v) is 9.02. The summed E-state index contributed by atoms with van der Waals surface area (Å²) in [4.78, 5) is 20.4. The van der Waals surface area contributed by atoms with E-state index < -0.39 is 4.92 Å². The molecule has 0 fully saturated rings. The van der Waals surface area contributed by atoms with E-state index in [-0.39, 0.29) is 5.69 Å². The van der Waals surface area contributed by atoms with Crippen molar-refractivity contribution in [3.05, 3.63) is 106 Å². The Morgan fingerprint density at radius 2 is 1.76 bits per heavy atom. The molecule has 6 nitrogen and oxygen atoms in total. The molecule has 0 unspecified atom stereocenters. The molecule has 2 heterocycles. The number of thiazole rings is 1. The van der Waals surface area contributed by atoms with E-state index >= 15 is 0 Å². The Labute approximate surface area is 197 Å². The van der Waals surface area contributed by atoms with Crippen molar-refractivity contribution in [3.8, 4) is 10.6 Å². The summed E-state index contributed by atoms with van der Waals surface area (Å²) >= 11 is 1.58. The van der Waals surface area contributed by atoms with Crippen LogP contribution in [0.15, 0.2) is 94.3 Å². The lowest BCUT2D eigenvalue weighted by Gasteiger charge is -2.07. The maximum absolute atomic E-state index is 11.2. The lowest BCUT2D eigenvalue weighted by Crippen LogP contribution is -2.05. The van der Waals surface area contributed by atoms with Crippen molar-refractivity contribution in [1.82, 2.24) is 4.98 Å². The van der Waals surface area contributed by atoms with Gasteiger partial charge in [-0.25, -0.2) is 9.98 Å². The lowest BCUT2D eigenvalue weighted by atomic mass is 10.0. The number of fused-ring (bicyclic) bond motifs is 4. The van der Waals surface area contributed by atoms with Crippen LogP contribution in [-0.2, 0) is 0 Å². The fourth-order valence-electron chi connectivity index (χ4n) is 4.09. The second-order valence-electron chi connectivity index (χ2n) is 7.99. The van der Waals surface area contributed by atoms with E-state index in [4.69, 9.17) is 14.4 Å². The Balaban J connectivity index is 1.67. The number of hydrogen-bond acceptors (Lipinski definition) is 6. The summed E-state index contributed by atoms with van der Waals surface area (Å²) in [5, 5.41) is 15.1. The zero-order valence-electron chi connectivity index (χ0n) is 18.1. The third-order valence-corrected chi connectivity index (χ3v) is 6.86. The molecular weight excluding hydrogens is 446 g/mol. The first-order valence-corrected chi connectivity index (χ1v) is 11.5. The molecule has 0 N–H and O–H groups in total. The monoisotopic (exact) mass is 463 g/mol. The molecular formula is C27H17N3O3S. The molecule has 0 saturated heterocycles. The molecule has 4 aromatic carbocycles. The zero-order valence-corrected chi connectivity index (χ0v) is 18.9. The van der Waals surface area contributed by atoms with Crippen LogP contribution in [-0.4, -0.2) is 9.91 Å². The van der Waals surface area contributed by atoms with Gasteiger partial charge in [-0.15, -0.1) is 11.3 Å². The molecule has 2 aromatic heterocycles. The van der Waals surface area contributed by atoms with Crippen molar-refractivity contribution < 1.29 is 9.34 Å². The maximum Gasteiger partial charge on any atom is 0.269 e. The Bertz CT molecular complexity index is 1780. The number of aryl methyl sites for hydroxylation is 1. The summed E-state index contributed by atoms with van der Waals surface area (Å²) in [6.07, 6.45) is 0. The van der Waals surface area contributed by atoms with Crippen molar-refractivity contribution in [2.24, 2.45) is 4.99 Å². The minimum Gasteiger partial charge on any atom is -0.438 e. The van der Waals surface area contributed by atoms with Crippen molar-refractivity contribution >= 4 is 54.7 Å². The van der Waals surface area contributed by atoms with Gasteiger partial charge in [0.1, 0.15) is 10.6 Å². The van der Waals surface area contributed by atoms with Gasteiger partial charge in [0.05, 0.1) is 26.4 Å². The van der Waals surface area contributed by atoms with Crippen LogP contribution in [0.2, 0.25) is 0 Å². The molecule has 0 aliphatic rings. The van der Waals surface area contributed by atoms with E-state index in [0.717, 1.165) is 36.9 Å². The van der Waals surface area contributed by atoms with Gasteiger partial charge in [0.15, 0.2) is 0 Å². The third-order valence-electron chi connectivity index (χ3n) is 5.79. The van der Waals surface area contributed by atoms with Crippen molar-refractivity contribution in [2.45, 2.75) is 6.92 Å². The van der Waals surface area contributed by atoms with Crippen molar-refractivity contribution in [2.75, 3.05) is 0 Å². The topological polar surface area (TPSA) is 81.5 Å². The fraction of sp³-hybridized carbons (Fsp3) is 0.0370. The highest BCUT2D eigenvalue weighted by Crippen LogP contribution is 2.33. The van der Waals surface area contributed by atoms with Gasteiger partial charge < -0.3 is 4.42 Å². The van der Waals surface area contributed by atoms with Crippen molar-refractivity contribution in [1.29, 1.82) is 0 Å². The molecule has 0 bridgehead atoms. The standard InChI is InChI=1S/C27H17N3O3S/c1-16-14-18(30(31)32)11-12-22(16)28-26-21(27-29-23-8-4-5-9-25(23)34-27)15-20-19-7-3-2-6-17(19)10-13-24(20)33-26/h2-15H,1H3. The minimum atomic E-state index is -0.408. The normalized spacial score (nSPS) is 12.1. The summed E-state index contributed by atoms with van der Waals surface area (Å²) < 4.78 is 7.43. The van der Waals surface area contributed by atoms with Gasteiger partial charge >= 0.3 is 0 Å². The summed E-state index contributed by atoms with van der Waals surface area (Å²) in [7, 11) is 0. The number of rotatable bonds is 3. The SMILES string of the molecule is Cc1cc([N+](=O)[O-])ccc1N=c1oc2ccc3ccccc3c2cc1-c1nc2ccccc2s1. The highest BCUT2D eigenvalue weighted by molar-refractivity contribution is 7.21. The average molecular weight is 464 g/mol. The van der Waals surface area contributed by atoms with Crippen molar-refractivity contribution in [3.63, 3.8) is 0 Å².